The predicted molar refractivity (Wildman–Crippen MR) is 139 cm³/mol. The molecule has 0 bridgehead atoms. The number of alkyl halides is 1. The number of rotatable bonds is 3. The van der Waals surface area contributed by atoms with E-state index in [-0.39, 0.29) is 11.3 Å². The largest absolute Gasteiger partial charge is 0.387 e. The Morgan fingerprint density at radius 2 is 1.72 bits per heavy atom. The average Bonchev–Trinajstić information content (AvgIpc) is 3.16. The maximum atomic E-state index is 14.4. The molecule has 4 aliphatic carbocycles. The summed E-state index contributed by atoms with van der Waals surface area (Å²) in [6.07, 6.45) is 7.45. The summed E-state index contributed by atoms with van der Waals surface area (Å²) in [5.74, 6) is 1.05. The monoisotopic (exact) mass is 497 g/mol. The Balaban J connectivity index is 1.39. The first-order chi connectivity index (χ1) is 17.1. The van der Waals surface area contributed by atoms with Gasteiger partial charge >= 0.3 is 0 Å². The van der Waals surface area contributed by atoms with Gasteiger partial charge in [0.1, 0.15) is 6.67 Å². The number of ether oxygens (including phenoxy) is 2. The SMILES string of the molecule is CC1(C)COC2(CCC3=C4C(c5ccc(CN)cc5)CC5(C)C(CC[C@@]5(O)CF)C4CCC3C2)OC1. The van der Waals surface area contributed by atoms with Gasteiger partial charge in [-0.25, -0.2) is 4.39 Å². The zero-order valence-corrected chi connectivity index (χ0v) is 22.3. The molecule has 1 spiro atoms. The van der Waals surface area contributed by atoms with Crippen LogP contribution >= 0.6 is 0 Å². The van der Waals surface area contributed by atoms with Crippen LogP contribution < -0.4 is 5.73 Å². The summed E-state index contributed by atoms with van der Waals surface area (Å²) in [7, 11) is 0. The molecule has 0 aromatic heterocycles. The number of aliphatic hydroxyl groups is 1. The first-order valence-electron chi connectivity index (χ1n) is 14.2. The van der Waals surface area contributed by atoms with E-state index in [1.807, 2.05) is 0 Å². The lowest BCUT2D eigenvalue weighted by atomic mass is 9.50. The topological polar surface area (TPSA) is 64.7 Å². The van der Waals surface area contributed by atoms with Crippen LogP contribution in [0.2, 0.25) is 0 Å². The van der Waals surface area contributed by atoms with Crippen molar-refractivity contribution in [2.75, 3.05) is 19.9 Å². The summed E-state index contributed by atoms with van der Waals surface area (Å²) in [6.45, 7) is 8.00. The van der Waals surface area contributed by atoms with Crippen molar-refractivity contribution in [3.8, 4) is 0 Å². The molecule has 5 heteroatoms. The molecule has 4 fully saturated rings. The molecule has 4 nitrogen and oxygen atoms in total. The quantitative estimate of drug-likeness (QED) is 0.501. The third-order valence-corrected chi connectivity index (χ3v) is 11.0. The van der Waals surface area contributed by atoms with Crippen molar-refractivity contribution < 1.29 is 19.0 Å². The lowest BCUT2D eigenvalue weighted by molar-refractivity contribution is -0.312. The molecule has 5 unspecified atom stereocenters. The summed E-state index contributed by atoms with van der Waals surface area (Å²) in [4.78, 5) is 0. The second-order valence-electron chi connectivity index (χ2n) is 13.6. The number of halogens is 1. The highest BCUT2D eigenvalue weighted by Gasteiger charge is 2.63. The molecule has 3 saturated carbocycles. The Morgan fingerprint density at radius 1 is 1.00 bits per heavy atom. The number of allylic oxidation sites excluding steroid dienone is 2. The summed E-state index contributed by atoms with van der Waals surface area (Å²) in [5.41, 5.74) is 10.0. The molecular formula is C31H44FNO3. The van der Waals surface area contributed by atoms with E-state index in [9.17, 15) is 9.50 Å². The van der Waals surface area contributed by atoms with Gasteiger partial charge in [0.15, 0.2) is 5.79 Å². The summed E-state index contributed by atoms with van der Waals surface area (Å²) in [5, 5.41) is 11.5. The van der Waals surface area contributed by atoms with Gasteiger partial charge in [-0.15, -0.1) is 0 Å². The molecule has 6 rings (SSSR count). The summed E-state index contributed by atoms with van der Waals surface area (Å²) in [6, 6.07) is 8.74. The maximum absolute atomic E-state index is 14.4. The zero-order valence-electron chi connectivity index (χ0n) is 22.3. The highest BCUT2D eigenvalue weighted by atomic mass is 19.1. The fraction of sp³-hybridized carbons (Fsp3) is 0.742. The fourth-order valence-corrected chi connectivity index (χ4v) is 8.73. The van der Waals surface area contributed by atoms with Crippen LogP contribution in [0.1, 0.15) is 89.2 Å². The van der Waals surface area contributed by atoms with Crippen molar-refractivity contribution in [2.24, 2.45) is 34.3 Å². The minimum Gasteiger partial charge on any atom is -0.387 e. The Kier molecular flexibility index (Phi) is 6.00. The lowest BCUT2D eigenvalue weighted by Crippen LogP contribution is -2.54. The third-order valence-electron chi connectivity index (χ3n) is 11.0. The van der Waals surface area contributed by atoms with E-state index in [0.717, 1.165) is 63.7 Å². The van der Waals surface area contributed by atoms with Crippen molar-refractivity contribution in [3.63, 3.8) is 0 Å². The van der Waals surface area contributed by atoms with Crippen LogP contribution in [0, 0.1) is 28.6 Å². The molecule has 1 saturated heterocycles. The molecule has 6 atom stereocenters. The van der Waals surface area contributed by atoms with E-state index in [4.69, 9.17) is 15.2 Å². The highest BCUT2D eigenvalue weighted by molar-refractivity contribution is 5.42. The summed E-state index contributed by atoms with van der Waals surface area (Å²) < 4.78 is 27.3. The van der Waals surface area contributed by atoms with Crippen LogP contribution in [0.5, 0.6) is 0 Å². The Labute approximate surface area is 215 Å². The second-order valence-corrected chi connectivity index (χ2v) is 13.6. The average molecular weight is 498 g/mol. The van der Waals surface area contributed by atoms with E-state index in [2.05, 4.69) is 45.0 Å². The molecule has 198 valence electrons. The van der Waals surface area contributed by atoms with Gasteiger partial charge in [0.2, 0.25) is 0 Å². The van der Waals surface area contributed by atoms with E-state index in [1.54, 1.807) is 11.1 Å². The van der Waals surface area contributed by atoms with E-state index >= 15 is 0 Å². The van der Waals surface area contributed by atoms with Gasteiger partial charge in [-0.1, -0.05) is 56.2 Å². The smallest absolute Gasteiger partial charge is 0.169 e. The van der Waals surface area contributed by atoms with Crippen molar-refractivity contribution in [2.45, 2.75) is 96.0 Å². The minimum absolute atomic E-state index is 0.0753. The number of benzene rings is 1. The minimum atomic E-state index is -1.21. The van der Waals surface area contributed by atoms with Crippen LogP contribution in [-0.2, 0) is 16.0 Å². The summed E-state index contributed by atoms with van der Waals surface area (Å²) >= 11 is 0. The number of hydrogen-bond donors (Lipinski definition) is 2. The van der Waals surface area contributed by atoms with E-state index in [0.29, 0.717) is 30.7 Å². The molecule has 36 heavy (non-hydrogen) atoms. The molecule has 1 heterocycles. The van der Waals surface area contributed by atoms with Gasteiger partial charge in [0, 0.05) is 36.1 Å². The van der Waals surface area contributed by atoms with Gasteiger partial charge in [-0.2, -0.15) is 0 Å². The van der Waals surface area contributed by atoms with Gasteiger partial charge in [0.05, 0.1) is 18.8 Å². The molecule has 0 radical (unpaired) electrons. The van der Waals surface area contributed by atoms with Crippen molar-refractivity contribution in [1.29, 1.82) is 0 Å². The fourth-order valence-electron chi connectivity index (χ4n) is 8.73. The molecule has 5 aliphatic rings. The Morgan fingerprint density at radius 3 is 2.39 bits per heavy atom. The Bertz CT molecular complexity index is 1020. The standard InChI is InChI=1S/C31H44FNO3/c1-28(2)18-35-31(36-19-28)13-10-23-22(14-31)8-9-24-26-11-12-30(34,17-32)29(26,3)15-25(27(23)24)21-6-4-20(16-33)5-7-21/h4-7,22,24-26,34H,8-19,33H2,1-3H3/t22?,24?,25?,26?,29?,30-/m1/s1. The first kappa shape index (κ1) is 25.0. The van der Waals surface area contributed by atoms with Gasteiger partial charge < -0.3 is 20.3 Å². The molecule has 0 amide bonds. The van der Waals surface area contributed by atoms with E-state index in [1.165, 1.54) is 5.56 Å². The number of nitrogens with two attached hydrogens (primary N) is 1. The second kappa shape index (κ2) is 8.62. The zero-order chi connectivity index (χ0) is 25.3. The molecule has 1 aliphatic heterocycles. The van der Waals surface area contributed by atoms with Crippen LogP contribution in [-0.4, -0.2) is 36.4 Å². The van der Waals surface area contributed by atoms with Gasteiger partial charge in [0.25, 0.3) is 0 Å². The maximum Gasteiger partial charge on any atom is 0.169 e. The van der Waals surface area contributed by atoms with Crippen LogP contribution in [0.4, 0.5) is 4.39 Å². The molecule has 1 aromatic rings. The number of fused-ring (bicyclic) bond motifs is 4. The third kappa shape index (κ3) is 3.75. The van der Waals surface area contributed by atoms with Crippen LogP contribution in [0.15, 0.2) is 35.4 Å². The van der Waals surface area contributed by atoms with Gasteiger partial charge in [-0.3, -0.25) is 0 Å². The normalized spacial score (nSPS) is 41.1. The van der Waals surface area contributed by atoms with Crippen molar-refractivity contribution in [1.82, 2.24) is 0 Å². The first-order valence-corrected chi connectivity index (χ1v) is 14.2. The van der Waals surface area contributed by atoms with E-state index < -0.39 is 23.5 Å². The van der Waals surface area contributed by atoms with Crippen LogP contribution in [0.3, 0.4) is 0 Å². The highest BCUT2D eigenvalue weighted by Crippen LogP contribution is 2.67. The van der Waals surface area contributed by atoms with Crippen molar-refractivity contribution >= 4 is 0 Å². The predicted octanol–water partition coefficient (Wildman–Crippen LogP) is 6.03. The van der Waals surface area contributed by atoms with Crippen molar-refractivity contribution in [3.05, 3.63) is 46.5 Å². The molecule has 1 aromatic carbocycles. The number of hydrogen-bond acceptors (Lipinski definition) is 4. The van der Waals surface area contributed by atoms with Crippen LogP contribution in [0.25, 0.3) is 0 Å². The lowest BCUT2D eigenvalue weighted by Gasteiger charge is -2.56. The molecular weight excluding hydrogens is 453 g/mol. The molecule has 3 N–H and O–H groups in total. The van der Waals surface area contributed by atoms with Gasteiger partial charge in [-0.05, 0) is 67.4 Å². The Hall–Kier alpha value is -1.27.